The highest BCUT2D eigenvalue weighted by Crippen LogP contribution is 2.11. The second-order valence-corrected chi connectivity index (χ2v) is 3.60. The lowest BCUT2D eigenvalue weighted by molar-refractivity contribution is 0.194. The first kappa shape index (κ1) is 13.0. The van der Waals surface area contributed by atoms with Crippen molar-refractivity contribution in [3.8, 4) is 5.75 Å². The summed E-state index contributed by atoms with van der Waals surface area (Å²) in [7, 11) is 1.73. The molecule has 3 heteroatoms. The molecule has 0 aliphatic carbocycles. The van der Waals surface area contributed by atoms with E-state index in [1.807, 2.05) is 19.1 Å². The molecule has 0 saturated heterocycles. The molecule has 0 aliphatic rings. The van der Waals surface area contributed by atoms with Crippen molar-refractivity contribution in [2.45, 2.75) is 19.9 Å². The normalized spacial score (nSPS) is 10.4. The Bertz CT molecular complexity index is 272. The lowest BCUT2D eigenvalue weighted by atomic mass is 10.2. The predicted molar refractivity (Wildman–Crippen MR) is 65.8 cm³/mol. The molecular formula is C13H21NO2. The van der Waals surface area contributed by atoms with Gasteiger partial charge in [0.2, 0.25) is 0 Å². The summed E-state index contributed by atoms with van der Waals surface area (Å²) in [6.07, 6.45) is 1.05. The minimum atomic E-state index is 0.717. The molecule has 0 bridgehead atoms. The van der Waals surface area contributed by atoms with Gasteiger partial charge in [0, 0.05) is 20.3 Å². The smallest absolute Gasteiger partial charge is 0.119 e. The van der Waals surface area contributed by atoms with Crippen LogP contribution < -0.4 is 10.1 Å². The van der Waals surface area contributed by atoms with E-state index in [2.05, 4.69) is 17.4 Å². The van der Waals surface area contributed by atoms with Gasteiger partial charge in [0.25, 0.3) is 0 Å². The van der Waals surface area contributed by atoms with Crippen LogP contribution in [0.3, 0.4) is 0 Å². The minimum Gasteiger partial charge on any atom is -0.494 e. The zero-order chi connectivity index (χ0) is 11.6. The third kappa shape index (κ3) is 5.14. The molecule has 1 aromatic carbocycles. The van der Waals surface area contributed by atoms with Crippen molar-refractivity contribution < 1.29 is 9.47 Å². The van der Waals surface area contributed by atoms with Gasteiger partial charge in [-0.3, -0.25) is 0 Å². The Morgan fingerprint density at radius 1 is 1.19 bits per heavy atom. The van der Waals surface area contributed by atoms with Gasteiger partial charge in [-0.2, -0.15) is 0 Å². The van der Waals surface area contributed by atoms with Crippen molar-refractivity contribution >= 4 is 0 Å². The summed E-state index contributed by atoms with van der Waals surface area (Å²) in [6, 6.07) is 8.20. The van der Waals surface area contributed by atoms with Gasteiger partial charge in [-0.1, -0.05) is 12.1 Å². The number of nitrogens with one attached hydrogen (secondary N) is 1. The van der Waals surface area contributed by atoms with Crippen LogP contribution in [0.5, 0.6) is 5.75 Å². The van der Waals surface area contributed by atoms with Gasteiger partial charge in [0.15, 0.2) is 0 Å². The van der Waals surface area contributed by atoms with Gasteiger partial charge >= 0.3 is 0 Å². The fraction of sp³-hybridized carbons (Fsp3) is 0.538. The molecule has 0 amide bonds. The monoisotopic (exact) mass is 223 g/mol. The third-order valence-corrected chi connectivity index (χ3v) is 2.27. The van der Waals surface area contributed by atoms with Gasteiger partial charge in [0.05, 0.1) is 6.61 Å². The fourth-order valence-electron chi connectivity index (χ4n) is 1.44. The second-order valence-electron chi connectivity index (χ2n) is 3.60. The van der Waals surface area contributed by atoms with E-state index in [-0.39, 0.29) is 0 Å². The second kappa shape index (κ2) is 8.13. The van der Waals surface area contributed by atoms with Crippen molar-refractivity contribution in [3.63, 3.8) is 0 Å². The average Bonchev–Trinajstić information content (AvgIpc) is 2.31. The number of methoxy groups -OCH3 is 1. The van der Waals surface area contributed by atoms with Crippen molar-refractivity contribution in [1.29, 1.82) is 0 Å². The zero-order valence-corrected chi connectivity index (χ0v) is 10.2. The molecule has 0 saturated carbocycles. The van der Waals surface area contributed by atoms with Crippen molar-refractivity contribution in [3.05, 3.63) is 29.8 Å². The quantitative estimate of drug-likeness (QED) is 0.685. The van der Waals surface area contributed by atoms with Gasteiger partial charge in [-0.25, -0.2) is 0 Å². The van der Waals surface area contributed by atoms with Crippen molar-refractivity contribution in [2.24, 2.45) is 0 Å². The maximum Gasteiger partial charge on any atom is 0.119 e. The first-order valence-corrected chi connectivity index (χ1v) is 5.78. The van der Waals surface area contributed by atoms with E-state index in [0.29, 0.717) is 6.61 Å². The maximum atomic E-state index is 5.38. The molecule has 16 heavy (non-hydrogen) atoms. The molecule has 0 atom stereocenters. The topological polar surface area (TPSA) is 30.5 Å². The van der Waals surface area contributed by atoms with Crippen LogP contribution in [0.2, 0.25) is 0 Å². The zero-order valence-electron chi connectivity index (χ0n) is 10.2. The number of hydrogen-bond acceptors (Lipinski definition) is 3. The Hall–Kier alpha value is -1.06. The molecular weight excluding hydrogens is 202 g/mol. The first-order chi connectivity index (χ1) is 7.86. The number of ether oxygens (including phenoxy) is 2. The highest BCUT2D eigenvalue weighted by Gasteiger charge is 1.94. The molecule has 1 aromatic rings. The van der Waals surface area contributed by atoms with Crippen LogP contribution in [0.25, 0.3) is 0 Å². The number of hydrogen-bond donors (Lipinski definition) is 1. The summed E-state index contributed by atoms with van der Waals surface area (Å²) < 4.78 is 10.4. The summed E-state index contributed by atoms with van der Waals surface area (Å²) in [4.78, 5) is 0. The lowest BCUT2D eigenvalue weighted by Crippen LogP contribution is -2.15. The predicted octanol–water partition coefficient (Wildman–Crippen LogP) is 2.21. The Kier molecular flexibility index (Phi) is 6.61. The van der Waals surface area contributed by atoms with Gasteiger partial charge in [-0.05, 0) is 37.6 Å². The largest absolute Gasteiger partial charge is 0.494 e. The Balaban J connectivity index is 2.21. The molecule has 0 heterocycles. The third-order valence-electron chi connectivity index (χ3n) is 2.27. The Morgan fingerprint density at radius 2 is 1.94 bits per heavy atom. The maximum absolute atomic E-state index is 5.38. The molecule has 0 aromatic heterocycles. The molecule has 1 N–H and O–H groups in total. The van der Waals surface area contributed by atoms with Crippen LogP contribution in [0.1, 0.15) is 18.9 Å². The fourth-order valence-corrected chi connectivity index (χ4v) is 1.44. The molecule has 1 rings (SSSR count). The van der Waals surface area contributed by atoms with Crippen LogP contribution in [-0.2, 0) is 11.3 Å². The number of benzene rings is 1. The van der Waals surface area contributed by atoms with Crippen LogP contribution in [-0.4, -0.2) is 26.9 Å². The first-order valence-electron chi connectivity index (χ1n) is 5.78. The molecule has 0 unspecified atom stereocenters. The van der Waals surface area contributed by atoms with Crippen LogP contribution in [0.15, 0.2) is 24.3 Å². The van der Waals surface area contributed by atoms with Crippen LogP contribution in [0.4, 0.5) is 0 Å². The lowest BCUT2D eigenvalue weighted by Gasteiger charge is -2.06. The SMILES string of the molecule is CCOc1ccc(CNCCCOC)cc1. The molecule has 0 spiro atoms. The van der Waals surface area contributed by atoms with E-state index in [9.17, 15) is 0 Å². The van der Waals surface area contributed by atoms with Gasteiger partial charge < -0.3 is 14.8 Å². The molecule has 0 radical (unpaired) electrons. The Morgan fingerprint density at radius 3 is 2.56 bits per heavy atom. The molecule has 90 valence electrons. The summed E-state index contributed by atoms with van der Waals surface area (Å²) in [5.74, 6) is 0.936. The molecule has 0 fully saturated rings. The van der Waals surface area contributed by atoms with E-state index in [4.69, 9.17) is 9.47 Å². The summed E-state index contributed by atoms with van der Waals surface area (Å²) in [5, 5.41) is 3.37. The average molecular weight is 223 g/mol. The van der Waals surface area contributed by atoms with Crippen molar-refractivity contribution in [1.82, 2.24) is 5.32 Å². The van der Waals surface area contributed by atoms with Crippen LogP contribution in [0, 0.1) is 0 Å². The summed E-state index contributed by atoms with van der Waals surface area (Å²) >= 11 is 0. The van der Waals surface area contributed by atoms with Gasteiger partial charge in [0.1, 0.15) is 5.75 Å². The van der Waals surface area contributed by atoms with E-state index in [1.165, 1.54) is 5.56 Å². The molecule has 0 aliphatic heterocycles. The molecule has 3 nitrogen and oxygen atoms in total. The minimum absolute atomic E-state index is 0.717. The summed E-state index contributed by atoms with van der Waals surface area (Å²) in [6.45, 7) is 5.41. The van der Waals surface area contributed by atoms with E-state index >= 15 is 0 Å². The van der Waals surface area contributed by atoms with E-state index < -0.39 is 0 Å². The highest BCUT2D eigenvalue weighted by atomic mass is 16.5. The Labute approximate surface area is 97.8 Å². The van der Waals surface area contributed by atoms with Crippen LogP contribution >= 0.6 is 0 Å². The van der Waals surface area contributed by atoms with Gasteiger partial charge in [-0.15, -0.1) is 0 Å². The number of rotatable bonds is 8. The summed E-state index contributed by atoms with van der Waals surface area (Å²) in [5.41, 5.74) is 1.28. The highest BCUT2D eigenvalue weighted by molar-refractivity contribution is 5.27. The van der Waals surface area contributed by atoms with E-state index in [0.717, 1.165) is 31.9 Å². The standard InChI is InChI=1S/C13H21NO2/c1-3-16-13-7-5-12(6-8-13)11-14-9-4-10-15-2/h5-8,14H,3-4,9-11H2,1-2H3. The van der Waals surface area contributed by atoms with Crippen molar-refractivity contribution in [2.75, 3.05) is 26.9 Å². The van der Waals surface area contributed by atoms with E-state index in [1.54, 1.807) is 7.11 Å².